The molecule has 1 unspecified atom stereocenters. The topological polar surface area (TPSA) is 111 Å². The van der Waals surface area contributed by atoms with E-state index < -0.39 is 26.2 Å². The summed E-state index contributed by atoms with van der Waals surface area (Å²) in [5.41, 5.74) is -0.261. The first-order valence-corrected chi connectivity index (χ1v) is 8.77. The lowest BCUT2D eigenvalue weighted by atomic mass is 9.99. The number of nitrogens with one attached hydrogen (secondary N) is 2. The molecule has 128 valence electrons. The van der Waals surface area contributed by atoms with E-state index in [0.717, 1.165) is 19.4 Å². The lowest BCUT2D eigenvalue weighted by Crippen LogP contribution is -2.52. The third-order valence-electron chi connectivity index (χ3n) is 3.95. The highest BCUT2D eigenvalue weighted by Gasteiger charge is 2.36. The van der Waals surface area contributed by atoms with Gasteiger partial charge in [-0.1, -0.05) is 6.07 Å². The molecular weight excluding hydrogens is 322 g/mol. The normalized spacial score (nSPS) is 21.5. The summed E-state index contributed by atoms with van der Waals surface area (Å²) in [5, 5.41) is 14.4. The van der Waals surface area contributed by atoms with Gasteiger partial charge in [0.1, 0.15) is 0 Å². The Morgan fingerprint density at radius 3 is 2.78 bits per heavy atom. The van der Waals surface area contributed by atoms with Gasteiger partial charge in [-0.3, -0.25) is 10.1 Å². The standard InChI is InChI=1S/C14H21N3O5S/c1-11-4-5-13(12(8-11)17(18)19)23(20,21)16-9-14(10-22-2)6-3-7-15-14/h4-5,8,15-16H,3,6-7,9-10H2,1-2H3. The van der Waals surface area contributed by atoms with E-state index in [4.69, 9.17) is 4.74 Å². The number of ether oxygens (including phenoxy) is 1. The van der Waals surface area contributed by atoms with E-state index in [1.165, 1.54) is 12.1 Å². The second-order valence-corrected chi connectivity index (χ2v) is 7.53. The Morgan fingerprint density at radius 1 is 1.48 bits per heavy atom. The van der Waals surface area contributed by atoms with Gasteiger partial charge in [0.05, 0.1) is 17.1 Å². The van der Waals surface area contributed by atoms with Crippen LogP contribution in [0.5, 0.6) is 0 Å². The van der Waals surface area contributed by atoms with Gasteiger partial charge in [0.25, 0.3) is 5.69 Å². The van der Waals surface area contributed by atoms with Crippen molar-refractivity contribution in [3.05, 3.63) is 33.9 Å². The number of nitro benzene ring substituents is 1. The van der Waals surface area contributed by atoms with Crippen LogP contribution in [0.3, 0.4) is 0 Å². The van der Waals surface area contributed by atoms with Crippen molar-refractivity contribution < 1.29 is 18.1 Å². The van der Waals surface area contributed by atoms with Gasteiger partial charge in [-0.05, 0) is 37.9 Å². The first kappa shape index (κ1) is 17.8. The van der Waals surface area contributed by atoms with Crippen molar-refractivity contribution in [3.63, 3.8) is 0 Å². The summed E-state index contributed by atoms with van der Waals surface area (Å²) in [6, 6.07) is 4.06. The Hall–Kier alpha value is -1.55. The highest BCUT2D eigenvalue weighted by Crippen LogP contribution is 2.26. The molecule has 0 spiro atoms. The maximum absolute atomic E-state index is 12.5. The Bertz CT molecular complexity index is 684. The van der Waals surface area contributed by atoms with Crippen molar-refractivity contribution in [2.75, 3.05) is 26.8 Å². The van der Waals surface area contributed by atoms with Crippen LogP contribution in [-0.4, -0.2) is 45.7 Å². The molecule has 1 heterocycles. The Balaban J connectivity index is 2.24. The van der Waals surface area contributed by atoms with Gasteiger partial charge in [0.15, 0.2) is 4.90 Å². The largest absolute Gasteiger partial charge is 0.383 e. The minimum Gasteiger partial charge on any atom is -0.383 e. The minimum absolute atomic E-state index is 0.119. The third kappa shape index (κ3) is 4.05. The lowest BCUT2D eigenvalue weighted by molar-refractivity contribution is -0.387. The Morgan fingerprint density at radius 2 is 2.22 bits per heavy atom. The van der Waals surface area contributed by atoms with Crippen LogP contribution in [0.25, 0.3) is 0 Å². The predicted molar refractivity (Wildman–Crippen MR) is 84.9 cm³/mol. The molecule has 0 saturated carbocycles. The summed E-state index contributed by atoms with van der Waals surface area (Å²) in [6.07, 6.45) is 1.70. The Labute approximate surface area is 135 Å². The summed E-state index contributed by atoms with van der Waals surface area (Å²) in [6.45, 7) is 2.95. The molecule has 1 saturated heterocycles. The van der Waals surface area contributed by atoms with E-state index >= 15 is 0 Å². The molecular formula is C14H21N3O5S. The molecule has 0 aromatic heterocycles. The van der Waals surface area contributed by atoms with Crippen molar-refractivity contribution in [1.82, 2.24) is 10.0 Å². The van der Waals surface area contributed by atoms with Crippen LogP contribution in [0.15, 0.2) is 23.1 Å². The van der Waals surface area contributed by atoms with Gasteiger partial charge in [0, 0.05) is 19.7 Å². The molecule has 8 nitrogen and oxygen atoms in total. The fourth-order valence-electron chi connectivity index (χ4n) is 2.78. The first-order valence-electron chi connectivity index (χ1n) is 7.28. The number of sulfonamides is 1. The molecule has 1 atom stereocenters. The number of nitrogens with zero attached hydrogens (tertiary/aromatic N) is 1. The zero-order valence-corrected chi connectivity index (χ0v) is 14.0. The molecule has 1 aromatic carbocycles. The van der Waals surface area contributed by atoms with Gasteiger partial charge in [-0.15, -0.1) is 0 Å². The maximum atomic E-state index is 12.5. The number of hydrogen-bond donors (Lipinski definition) is 2. The van der Waals surface area contributed by atoms with E-state index in [-0.39, 0.29) is 11.4 Å². The molecule has 0 amide bonds. The van der Waals surface area contributed by atoms with Crippen LogP contribution in [0, 0.1) is 17.0 Å². The summed E-state index contributed by atoms with van der Waals surface area (Å²) in [5.74, 6) is 0. The average molecular weight is 343 g/mol. The summed E-state index contributed by atoms with van der Waals surface area (Å²) in [4.78, 5) is 10.1. The van der Waals surface area contributed by atoms with Gasteiger partial charge < -0.3 is 10.1 Å². The maximum Gasteiger partial charge on any atom is 0.289 e. The molecule has 1 aromatic rings. The van der Waals surface area contributed by atoms with Crippen LogP contribution in [-0.2, 0) is 14.8 Å². The van der Waals surface area contributed by atoms with Gasteiger partial charge in [0.2, 0.25) is 10.0 Å². The number of hydrogen-bond acceptors (Lipinski definition) is 6. The second-order valence-electron chi connectivity index (χ2n) is 5.80. The number of rotatable bonds is 7. The molecule has 0 bridgehead atoms. The summed E-state index contributed by atoms with van der Waals surface area (Å²) < 4.78 is 32.6. The zero-order valence-electron chi connectivity index (χ0n) is 13.2. The van der Waals surface area contributed by atoms with Crippen LogP contribution in [0.1, 0.15) is 18.4 Å². The molecule has 1 aliphatic heterocycles. The molecule has 9 heteroatoms. The number of methoxy groups -OCH3 is 1. The van der Waals surface area contributed by atoms with Gasteiger partial charge in [-0.25, -0.2) is 13.1 Å². The van der Waals surface area contributed by atoms with Crippen LogP contribution >= 0.6 is 0 Å². The number of aryl methyl sites for hydroxylation is 1. The van der Waals surface area contributed by atoms with E-state index in [1.54, 1.807) is 20.1 Å². The molecule has 1 aliphatic rings. The molecule has 23 heavy (non-hydrogen) atoms. The van der Waals surface area contributed by atoms with Crippen molar-refractivity contribution in [2.24, 2.45) is 0 Å². The SMILES string of the molecule is COCC1(CNS(=O)(=O)c2ccc(C)cc2[N+](=O)[O-])CCCN1. The molecule has 0 radical (unpaired) electrons. The predicted octanol–water partition coefficient (Wildman–Crippen LogP) is 0.950. The monoisotopic (exact) mass is 343 g/mol. The van der Waals surface area contributed by atoms with Crippen LogP contribution < -0.4 is 10.0 Å². The molecule has 2 N–H and O–H groups in total. The van der Waals surface area contributed by atoms with Gasteiger partial charge in [-0.2, -0.15) is 0 Å². The fraction of sp³-hybridized carbons (Fsp3) is 0.571. The highest BCUT2D eigenvalue weighted by molar-refractivity contribution is 7.89. The van der Waals surface area contributed by atoms with Crippen molar-refractivity contribution in [1.29, 1.82) is 0 Å². The van der Waals surface area contributed by atoms with Crippen molar-refractivity contribution in [2.45, 2.75) is 30.2 Å². The van der Waals surface area contributed by atoms with E-state index in [2.05, 4.69) is 10.0 Å². The van der Waals surface area contributed by atoms with E-state index in [0.29, 0.717) is 12.2 Å². The second kappa shape index (κ2) is 6.91. The highest BCUT2D eigenvalue weighted by atomic mass is 32.2. The van der Waals surface area contributed by atoms with Crippen molar-refractivity contribution >= 4 is 15.7 Å². The summed E-state index contributed by atoms with van der Waals surface area (Å²) >= 11 is 0. The number of benzene rings is 1. The smallest absolute Gasteiger partial charge is 0.289 e. The first-order chi connectivity index (χ1) is 10.8. The van der Waals surface area contributed by atoms with Gasteiger partial charge >= 0.3 is 0 Å². The third-order valence-corrected chi connectivity index (χ3v) is 5.40. The number of nitro groups is 1. The average Bonchev–Trinajstić information content (AvgIpc) is 2.94. The Kier molecular flexibility index (Phi) is 5.35. The summed E-state index contributed by atoms with van der Waals surface area (Å²) in [7, 11) is -2.43. The quantitative estimate of drug-likeness (QED) is 0.563. The van der Waals surface area contributed by atoms with Crippen LogP contribution in [0.4, 0.5) is 5.69 Å². The molecule has 0 aliphatic carbocycles. The fourth-order valence-corrected chi connectivity index (χ4v) is 4.06. The van der Waals surface area contributed by atoms with Crippen LogP contribution in [0.2, 0.25) is 0 Å². The van der Waals surface area contributed by atoms with E-state index in [9.17, 15) is 18.5 Å². The molecule has 1 fully saturated rings. The minimum atomic E-state index is -3.98. The zero-order chi connectivity index (χ0) is 17.1. The molecule has 2 rings (SSSR count). The van der Waals surface area contributed by atoms with E-state index in [1.807, 2.05) is 0 Å². The lowest BCUT2D eigenvalue weighted by Gasteiger charge is -2.28. The van der Waals surface area contributed by atoms with Crippen molar-refractivity contribution in [3.8, 4) is 0 Å².